The molecule has 1 aliphatic rings. The standard InChI is InChI=1S/C19H20O3/c1-12-4-3-5-17-15(11-19(20)21)8-13-6-7-16(22-2)9-14(13)10-18(12)17/h3-7,9,15H,8,10-11H2,1-2H3,(H,20,21). The number of hydrogen-bond donors (Lipinski definition) is 1. The molecule has 1 N–H and O–H groups in total. The van der Waals surface area contributed by atoms with Gasteiger partial charge < -0.3 is 9.84 Å². The summed E-state index contributed by atoms with van der Waals surface area (Å²) < 4.78 is 5.34. The van der Waals surface area contributed by atoms with Gasteiger partial charge >= 0.3 is 5.97 Å². The third kappa shape index (κ3) is 2.71. The lowest BCUT2D eigenvalue weighted by atomic mass is 9.87. The van der Waals surface area contributed by atoms with E-state index in [-0.39, 0.29) is 12.3 Å². The molecule has 0 amide bonds. The first-order valence-electron chi connectivity index (χ1n) is 7.54. The summed E-state index contributed by atoms with van der Waals surface area (Å²) in [6.45, 7) is 2.10. The molecule has 0 saturated heterocycles. The van der Waals surface area contributed by atoms with E-state index in [9.17, 15) is 9.90 Å². The number of methoxy groups -OCH3 is 1. The van der Waals surface area contributed by atoms with Crippen molar-refractivity contribution in [3.05, 3.63) is 64.2 Å². The molecule has 0 radical (unpaired) electrons. The number of hydrogen-bond acceptors (Lipinski definition) is 2. The summed E-state index contributed by atoms with van der Waals surface area (Å²) in [5.74, 6) is 0.141. The highest BCUT2D eigenvalue weighted by Gasteiger charge is 2.25. The van der Waals surface area contributed by atoms with Crippen molar-refractivity contribution in [1.29, 1.82) is 0 Å². The normalized spacial score (nSPS) is 16.4. The van der Waals surface area contributed by atoms with Crippen LogP contribution in [0, 0.1) is 6.92 Å². The monoisotopic (exact) mass is 296 g/mol. The van der Waals surface area contributed by atoms with Crippen molar-refractivity contribution >= 4 is 5.97 Å². The van der Waals surface area contributed by atoms with E-state index in [2.05, 4.69) is 31.2 Å². The van der Waals surface area contributed by atoms with Crippen LogP contribution in [0.1, 0.15) is 40.2 Å². The van der Waals surface area contributed by atoms with Crippen LogP contribution in [0.25, 0.3) is 0 Å². The lowest BCUT2D eigenvalue weighted by Crippen LogP contribution is -2.10. The Hall–Kier alpha value is -2.29. The number of carboxylic acid groups (broad SMARTS) is 1. The Balaban J connectivity index is 2.12. The molecule has 0 spiro atoms. The van der Waals surface area contributed by atoms with Gasteiger partial charge in [-0.2, -0.15) is 0 Å². The third-order valence-electron chi connectivity index (χ3n) is 4.55. The fourth-order valence-electron chi connectivity index (χ4n) is 3.40. The SMILES string of the molecule is COc1ccc2c(c1)Cc1c(C)cccc1C(CC(=O)O)C2. The van der Waals surface area contributed by atoms with Gasteiger partial charge in [0.15, 0.2) is 0 Å². The first-order valence-corrected chi connectivity index (χ1v) is 7.54. The van der Waals surface area contributed by atoms with Crippen LogP contribution in [0.5, 0.6) is 5.75 Å². The van der Waals surface area contributed by atoms with Crippen molar-refractivity contribution in [2.24, 2.45) is 0 Å². The van der Waals surface area contributed by atoms with Gasteiger partial charge in [0.25, 0.3) is 0 Å². The topological polar surface area (TPSA) is 46.5 Å². The lowest BCUT2D eigenvalue weighted by molar-refractivity contribution is -0.137. The predicted octanol–water partition coefficient (Wildman–Crippen LogP) is 3.71. The molecule has 0 saturated carbocycles. The number of fused-ring (bicyclic) bond motifs is 2. The highest BCUT2D eigenvalue weighted by molar-refractivity contribution is 5.68. The Morgan fingerprint density at radius 2 is 2.09 bits per heavy atom. The largest absolute Gasteiger partial charge is 0.497 e. The van der Waals surface area contributed by atoms with Gasteiger partial charge in [-0.3, -0.25) is 4.79 Å². The molecule has 3 nitrogen and oxygen atoms in total. The number of carbonyl (C=O) groups is 1. The molecule has 0 aromatic heterocycles. The number of ether oxygens (including phenoxy) is 1. The Labute approximate surface area is 130 Å². The zero-order valence-electron chi connectivity index (χ0n) is 12.9. The summed E-state index contributed by atoms with van der Waals surface area (Å²) in [5.41, 5.74) is 6.13. The number of benzene rings is 2. The zero-order chi connectivity index (χ0) is 15.7. The summed E-state index contributed by atoms with van der Waals surface area (Å²) in [7, 11) is 1.67. The molecular formula is C19H20O3. The Morgan fingerprint density at radius 1 is 1.27 bits per heavy atom. The molecule has 0 aliphatic heterocycles. The van der Waals surface area contributed by atoms with Crippen molar-refractivity contribution in [2.75, 3.05) is 7.11 Å². The summed E-state index contributed by atoms with van der Waals surface area (Å²) in [4.78, 5) is 11.3. The van der Waals surface area contributed by atoms with E-state index >= 15 is 0 Å². The van der Waals surface area contributed by atoms with Crippen LogP contribution in [0.15, 0.2) is 36.4 Å². The molecule has 3 rings (SSSR count). The first kappa shape index (κ1) is 14.6. The molecule has 0 bridgehead atoms. The van der Waals surface area contributed by atoms with E-state index in [1.807, 2.05) is 12.1 Å². The van der Waals surface area contributed by atoms with Crippen molar-refractivity contribution in [3.63, 3.8) is 0 Å². The van der Waals surface area contributed by atoms with Gasteiger partial charge in [0.05, 0.1) is 13.5 Å². The molecular weight excluding hydrogens is 276 g/mol. The molecule has 114 valence electrons. The molecule has 1 atom stereocenters. The minimum atomic E-state index is -0.741. The van der Waals surface area contributed by atoms with Gasteiger partial charge in [0.1, 0.15) is 5.75 Å². The van der Waals surface area contributed by atoms with Crippen molar-refractivity contribution in [1.82, 2.24) is 0 Å². The minimum Gasteiger partial charge on any atom is -0.497 e. The lowest BCUT2D eigenvalue weighted by Gasteiger charge is -2.17. The average molecular weight is 296 g/mol. The highest BCUT2D eigenvalue weighted by Crippen LogP contribution is 2.36. The maximum Gasteiger partial charge on any atom is 0.303 e. The smallest absolute Gasteiger partial charge is 0.303 e. The number of aryl methyl sites for hydroxylation is 1. The van der Waals surface area contributed by atoms with Crippen molar-refractivity contribution < 1.29 is 14.6 Å². The minimum absolute atomic E-state index is 0.0297. The summed E-state index contributed by atoms with van der Waals surface area (Å²) >= 11 is 0. The second kappa shape index (κ2) is 5.84. The van der Waals surface area contributed by atoms with Crippen LogP contribution in [0.4, 0.5) is 0 Å². The van der Waals surface area contributed by atoms with Crippen LogP contribution in [-0.2, 0) is 17.6 Å². The van der Waals surface area contributed by atoms with Gasteiger partial charge in [-0.15, -0.1) is 0 Å². The molecule has 0 fully saturated rings. The molecule has 2 aromatic rings. The van der Waals surface area contributed by atoms with Crippen LogP contribution >= 0.6 is 0 Å². The van der Waals surface area contributed by atoms with Gasteiger partial charge in [0.2, 0.25) is 0 Å². The molecule has 0 heterocycles. The first-order chi connectivity index (χ1) is 10.6. The van der Waals surface area contributed by atoms with Gasteiger partial charge in [-0.1, -0.05) is 24.3 Å². The van der Waals surface area contributed by atoms with E-state index in [0.29, 0.717) is 0 Å². The average Bonchev–Trinajstić information content (AvgIpc) is 2.64. The predicted molar refractivity (Wildman–Crippen MR) is 85.7 cm³/mol. The number of aliphatic carboxylic acids is 1. The highest BCUT2D eigenvalue weighted by atomic mass is 16.5. The summed E-state index contributed by atoms with van der Waals surface area (Å²) in [6, 6.07) is 12.3. The van der Waals surface area contributed by atoms with Gasteiger partial charge in [-0.25, -0.2) is 0 Å². The zero-order valence-corrected chi connectivity index (χ0v) is 12.9. The van der Waals surface area contributed by atoms with Gasteiger partial charge in [-0.05, 0) is 65.6 Å². The molecule has 2 aromatic carbocycles. The maximum absolute atomic E-state index is 11.3. The second-order valence-corrected chi connectivity index (χ2v) is 5.95. The number of carboxylic acids is 1. The maximum atomic E-state index is 11.3. The Bertz CT molecular complexity index is 719. The quantitative estimate of drug-likeness (QED) is 0.939. The Kier molecular flexibility index (Phi) is 3.88. The van der Waals surface area contributed by atoms with Crippen LogP contribution in [0.2, 0.25) is 0 Å². The summed E-state index contributed by atoms with van der Waals surface area (Å²) in [5, 5.41) is 9.26. The van der Waals surface area contributed by atoms with Crippen LogP contribution < -0.4 is 4.74 Å². The molecule has 3 heteroatoms. The van der Waals surface area contributed by atoms with Gasteiger partial charge in [0, 0.05) is 0 Å². The molecule has 22 heavy (non-hydrogen) atoms. The summed E-state index contributed by atoms with van der Waals surface area (Å²) in [6.07, 6.45) is 1.77. The van der Waals surface area contributed by atoms with Crippen molar-refractivity contribution in [3.8, 4) is 5.75 Å². The Morgan fingerprint density at radius 3 is 2.82 bits per heavy atom. The molecule has 1 aliphatic carbocycles. The van der Waals surface area contributed by atoms with Crippen molar-refractivity contribution in [2.45, 2.75) is 32.1 Å². The molecule has 1 unspecified atom stereocenters. The van der Waals surface area contributed by atoms with Crippen LogP contribution in [-0.4, -0.2) is 18.2 Å². The van der Waals surface area contributed by atoms with Crippen LogP contribution in [0.3, 0.4) is 0 Å². The van der Waals surface area contributed by atoms with E-state index in [1.165, 1.54) is 27.8 Å². The fraction of sp³-hybridized carbons (Fsp3) is 0.316. The third-order valence-corrected chi connectivity index (χ3v) is 4.55. The van der Waals surface area contributed by atoms with E-state index < -0.39 is 5.97 Å². The van der Waals surface area contributed by atoms with E-state index in [4.69, 9.17) is 4.74 Å². The van der Waals surface area contributed by atoms with E-state index in [0.717, 1.165) is 18.6 Å². The van der Waals surface area contributed by atoms with E-state index in [1.54, 1.807) is 7.11 Å². The number of rotatable bonds is 3. The second-order valence-electron chi connectivity index (χ2n) is 5.95. The fourth-order valence-corrected chi connectivity index (χ4v) is 3.40.